The van der Waals surface area contributed by atoms with Gasteiger partial charge in [-0.2, -0.15) is 0 Å². The number of halogens is 3. The monoisotopic (exact) mass is 383 g/mol. The number of carbonyl (C=O) groups excluding carboxylic acids is 2. The summed E-state index contributed by atoms with van der Waals surface area (Å²) in [5.74, 6) is -1.84. The molecular formula is C17H16F3N3O4. The molecule has 0 radical (unpaired) electrons. The third kappa shape index (κ3) is 4.04. The van der Waals surface area contributed by atoms with Gasteiger partial charge in [0.15, 0.2) is 0 Å². The number of fused-ring (bicyclic) bond motifs is 1. The Bertz CT molecular complexity index is 947. The number of ether oxygens (including phenoxy) is 1. The molecule has 2 heterocycles. The largest absolute Gasteiger partial charge is 0.573 e. The van der Waals surface area contributed by atoms with Gasteiger partial charge >= 0.3 is 6.36 Å². The Hall–Kier alpha value is -3.04. The summed E-state index contributed by atoms with van der Waals surface area (Å²) in [6, 6.07) is 3.28. The number of likely N-dealkylation sites (tertiary alicyclic amines) is 1. The van der Waals surface area contributed by atoms with Crippen LogP contribution in [0.5, 0.6) is 5.75 Å². The quantitative estimate of drug-likeness (QED) is 0.843. The van der Waals surface area contributed by atoms with Crippen LogP contribution in [0.25, 0.3) is 10.9 Å². The van der Waals surface area contributed by atoms with E-state index in [2.05, 4.69) is 9.72 Å². The first-order chi connectivity index (χ1) is 12.7. The highest BCUT2D eigenvalue weighted by molar-refractivity contribution is 5.97. The van der Waals surface area contributed by atoms with Gasteiger partial charge in [0.25, 0.3) is 5.91 Å². The number of hydrogen-bond donors (Lipinski definition) is 2. The zero-order valence-electron chi connectivity index (χ0n) is 14.0. The van der Waals surface area contributed by atoms with Crippen LogP contribution in [0.3, 0.4) is 0 Å². The van der Waals surface area contributed by atoms with Gasteiger partial charge in [-0.25, -0.2) is 0 Å². The molecule has 2 aromatic rings. The van der Waals surface area contributed by atoms with Crippen LogP contribution in [0.2, 0.25) is 0 Å². The average molecular weight is 383 g/mol. The van der Waals surface area contributed by atoms with Gasteiger partial charge in [0.1, 0.15) is 11.3 Å². The normalized spacial score (nSPS) is 15.7. The van der Waals surface area contributed by atoms with E-state index in [9.17, 15) is 27.6 Å². The van der Waals surface area contributed by atoms with Crippen LogP contribution in [-0.2, 0) is 4.79 Å². The Kier molecular flexibility index (Phi) is 4.81. The molecule has 1 aliphatic rings. The van der Waals surface area contributed by atoms with Crippen LogP contribution >= 0.6 is 0 Å². The molecule has 1 aromatic carbocycles. The Labute approximate surface area is 150 Å². The van der Waals surface area contributed by atoms with E-state index in [-0.39, 0.29) is 35.5 Å². The lowest BCUT2D eigenvalue weighted by atomic mass is 9.96. The minimum absolute atomic E-state index is 0.0883. The summed E-state index contributed by atoms with van der Waals surface area (Å²) in [5.41, 5.74) is 4.64. The van der Waals surface area contributed by atoms with E-state index in [0.29, 0.717) is 12.8 Å². The van der Waals surface area contributed by atoms with Gasteiger partial charge < -0.3 is 20.4 Å². The number of amides is 2. The second-order valence-electron chi connectivity index (χ2n) is 6.26. The number of carbonyl (C=O) groups is 2. The number of pyridine rings is 1. The molecule has 1 saturated heterocycles. The van der Waals surface area contributed by atoms with E-state index in [1.165, 1.54) is 17.2 Å². The fourth-order valence-electron chi connectivity index (χ4n) is 3.09. The average Bonchev–Trinajstić information content (AvgIpc) is 2.61. The van der Waals surface area contributed by atoms with Crippen molar-refractivity contribution in [3.63, 3.8) is 0 Å². The second kappa shape index (κ2) is 6.93. The Balaban J connectivity index is 1.88. The fourth-order valence-corrected chi connectivity index (χ4v) is 3.09. The SMILES string of the molecule is NC(=O)C1CCN(C(=O)c2c[nH]c3ccc(OC(F)(F)F)cc3c2=O)CC1. The number of H-pyrrole nitrogens is 1. The van der Waals surface area contributed by atoms with Crippen LogP contribution in [0.1, 0.15) is 23.2 Å². The number of rotatable bonds is 3. The molecule has 0 unspecified atom stereocenters. The number of aromatic amines is 1. The molecule has 1 aliphatic heterocycles. The van der Waals surface area contributed by atoms with Gasteiger partial charge in [0.2, 0.25) is 11.3 Å². The van der Waals surface area contributed by atoms with Gasteiger partial charge in [-0.3, -0.25) is 14.4 Å². The van der Waals surface area contributed by atoms with E-state index >= 15 is 0 Å². The molecule has 2 amide bonds. The number of nitrogens with zero attached hydrogens (tertiary/aromatic N) is 1. The molecule has 0 spiro atoms. The zero-order valence-corrected chi connectivity index (χ0v) is 14.0. The summed E-state index contributed by atoms with van der Waals surface area (Å²) in [6.07, 6.45) is -2.86. The first-order valence-electron chi connectivity index (χ1n) is 8.15. The standard InChI is InChI=1S/C17H16F3N3O4/c18-17(19,20)27-10-1-2-13-11(7-10)14(24)12(8-22-13)16(26)23-5-3-9(4-6-23)15(21)25/h1-2,7-9H,3-6H2,(H2,21,25)(H,22,24). The van der Waals surface area contributed by atoms with Gasteiger partial charge in [-0.15, -0.1) is 13.2 Å². The van der Waals surface area contributed by atoms with Gasteiger partial charge in [0.05, 0.1) is 0 Å². The molecule has 1 aromatic heterocycles. The van der Waals surface area contributed by atoms with Crippen molar-refractivity contribution >= 4 is 22.7 Å². The summed E-state index contributed by atoms with van der Waals surface area (Å²) < 4.78 is 41.0. The molecular weight excluding hydrogens is 367 g/mol. The fraction of sp³-hybridized carbons (Fsp3) is 0.353. The molecule has 0 bridgehead atoms. The molecule has 0 saturated carbocycles. The number of primary amides is 1. The second-order valence-corrected chi connectivity index (χ2v) is 6.26. The molecule has 3 N–H and O–H groups in total. The van der Waals surface area contributed by atoms with Gasteiger partial charge in [0, 0.05) is 36.1 Å². The summed E-state index contributed by atoms with van der Waals surface area (Å²) in [7, 11) is 0. The highest BCUT2D eigenvalue weighted by Crippen LogP contribution is 2.25. The van der Waals surface area contributed by atoms with E-state index < -0.39 is 29.4 Å². The Morgan fingerprint density at radius 2 is 1.89 bits per heavy atom. The molecule has 3 rings (SSSR count). The summed E-state index contributed by atoms with van der Waals surface area (Å²) in [6.45, 7) is 0.530. The molecule has 144 valence electrons. The van der Waals surface area contributed by atoms with E-state index in [1.54, 1.807) is 0 Å². The smallest absolute Gasteiger partial charge is 0.406 e. The highest BCUT2D eigenvalue weighted by atomic mass is 19.4. The number of hydrogen-bond acceptors (Lipinski definition) is 4. The topological polar surface area (TPSA) is 105 Å². The van der Waals surface area contributed by atoms with Crippen LogP contribution in [0.4, 0.5) is 13.2 Å². The molecule has 10 heteroatoms. The molecule has 0 atom stereocenters. The third-order valence-electron chi connectivity index (χ3n) is 4.50. The van der Waals surface area contributed by atoms with Crippen molar-refractivity contribution in [2.24, 2.45) is 11.7 Å². The van der Waals surface area contributed by atoms with Gasteiger partial charge in [-0.1, -0.05) is 0 Å². The van der Waals surface area contributed by atoms with Crippen molar-refractivity contribution in [1.29, 1.82) is 0 Å². The summed E-state index contributed by atoms with van der Waals surface area (Å²) in [4.78, 5) is 40.6. The number of nitrogens with one attached hydrogen (secondary N) is 1. The predicted molar refractivity (Wildman–Crippen MR) is 89.1 cm³/mol. The van der Waals surface area contributed by atoms with Crippen molar-refractivity contribution in [1.82, 2.24) is 9.88 Å². The maximum Gasteiger partial charge on any atom is 0.573 e. The number of alkyl halides is 3. The first kappa shape index (κ1) is 18.7. The lowest BCUT2D eigenvalue weighted by molar-refractivity contribution is -0.274. The van der Waals surface area contributed by atoms with E-state index in [0.717, 1.165) is 12.1 Å². The number of piperidine rings is 1. The van der Waals surface area contributed by atoms with Crippen molar-refractivity contribution in [2.75, 3.05) is 13.1 Å². The van der Waals surface area contributed by atoms with E-state index in [1.807, 2.05) is 0 Å². The Morgan fingerprint density at radius 3 is 2.48 bits per heavy atom. The third-order valence-corrected chi connectivity index (χ3v) is 4.50. The number of benzene rings is 1. The maximum absolute atomic E-state index is 12.6. The van der Waals surface area contributed by atoms with Crippen molar-refractivity contribution in [3.05, 3.63) is 40.2 Å². The molecule has 7 nitrogen and oxygen atoms in total. The lowest BCUT2D eigenvalue weighted by Gasteiger charge is -2.30. The number of nitrogens with two attached hydrogens (primary N) is 1. The van der Waals surface area contributed by atoms with Crippen molar-refractivity contribution in [2.45, 2.75) is 19.2 Å². The summed E-state index contributed by atoms with van der Waals surface area (Å²) in [5, 5.41) is -0.0883. The minimum Gasteiger partial charge on any atom is -0.406 e. The van der Waals surface area contributed by atoms with Crippen LogP contribution in [0, 0.1) is 5.92 Å². The maximum atomic E-state index is 12.6. The first-order valence-corrected chi connectivity index (χ1v) is 8.15. The van der Waals surface area contributed by atoms with Crippen LogP contribution in [-0.4, -0.2) is 41.2 Å². The van der Waals surface area contributed by atoms with E-state index in [4.69, 9.17) is 5.73 Å². The molecule has 1 fully saturated rings. The van der Waals surface area contributed by atoms with Crippen LogP contribution in [0.15, 0.2) is 29.2 Å². The predicted octanol–water partition coefficient (Wildman–Crippen LogP) is 1.76. The highest BCUT2D eigenvalue weighted by Gasteiger charge is 2.31. The molecule has 0 aliphatic carbocycles. The summed E-state index contributed by atoms with van der Waals surface area (Å²) >= 11 is 0. The van der Waals surface area contributed by atoms with Crippen molar-refractivity contribution in [3.8, 4) is 5.75 Å². The Morgan fingerprint density at radius 1 is 1.22 bits per heavy atom. The number of aromatic nitrogens is 1. The van der Waals surface area contributed by atoms with Crippen molar-refractivity contribution < 1.29 is 27.5 Å². The lowest BCUT2D eigenvalue weighted by Crippen LogP contribution is -2.43. The van der Waals surface area contributed by atoms with Crippen LogP contribution < -0.4 is 15.9 Å². The molecule has 27 heavy (non-hydrogen) atoms. The minimum atomic E-state index is -4.89. The zero-order chi connectivity index (χ0) is 19.8. The van der Waals surface area contributed by atoms with Gasteiger partial charge in [-0.05, 0) is 31.0 Å².